The number of aryl methyl sites for hydroxylation is 4. The van der Waals surface area contributed by atoms with Crippen LogP contribution in [0.3, 0.4) is 0 Å². The molecule has 6 nitrogen and oxygen atoms in total. The number of aromatic amines is 2. The van der Waals surface area contributed by atoms with E-state index in [0.717, 1.165) is 36.7 Å². The van der Waals surface area contributed by atoms with Crippen LogP contribution in [0.4, 0.5) is 0 Å². The Balaban J connectivity index is 1.17. The number of nitrogens with zero attached hydrogens (tertiary/aromatic N) is 2. The highest BCUT2D eigenvalue weighted by Crippen LogP contribution is 2.33. The van der Waals surface area contributed by atoms with Gasteiger partial charge in [-0.1, -0.05) is 24.3 Å². The van der Waals surface area contributed by atoms with Crippen LogP contribution in [0.2, 0.25) is 0 Å². The SMILES string of the molecule is CN(CCN(C)C(=O)c1cccc2c3c([nH]c12)CCC3)C(=O)c1cccc2c3c([nH]c12)CCC3. The minimum Gasteiger partial charge on any atom is -0.358 e. The third kappa shape index (κ3) is 3.23. The predicted octanol–water partition coefficient (Wildman–Crippen LogP) is 4.47. The topological polar surface area (TPSA) is 72.2 Å². The Labute approximate surface area is 198 Å². The molecule has 174 valence electrons. The fourth-order valence-corrected chi connectivity index (χ4v) is 5.81. The number of benzene rings is 2. The molecule has 2 heterocycles. The summed E-state index contributed by atoms with van der Waals surface area (Å²) in [6.07, 6.45) is 6.61. The second-order valence-electron chi connectivity index (χ2n) is 9.78. The van der Waals surface area contributed by atoms with Crippen molar-refractivity contribution in [2.75, 3.05) is 27.2 Å². The van der Waals surface area contributed by atoms with E-state index in [2.05, 4.69) is 22.1 Å². The lowest BCUT2D eigenvalue weighted by Gasteiger charge is -2.23. The molecule has 2 aromatic carbocycles. The maximum Gasteiger partial charge on any atom is 0.255 e. The number of hydrogen-bond acceptors (Lipinski definition) is 2. The first-order valence-corrected chi connectivity index (χ1v) is 12.3. The van der Waals surface area contributed by atoms with Gasteiger partial charge in [-0.25, -0.2) is 0 Å². The van der Waals surface area contributed by atoms with Crippen LogP contribution in [-0.4, -0.2) is 58.8 Å². The Kier molecular flexibility index (Phi) is 4.97. The molecule has 0 saturated carbocycles. The lowest BCUT2D eigenvalue weighted by atomic mass is 10.1. The number of likely N-dealkylation sites (N-methyl/N-ethyl adjacent to an activating group) is 2. The maximum atomic E-state index is 13.3. The van der Waals surface area contributed by atoms with Crippen LogP contribution < -0.4 is 0 Å². The van der Waals surface area contributed by atoms with E-state index in [4.69, 9.17) is 0 Å². The third-order valence-corrected chi connectivity index (χ3v) is 7.69. The highest BCUT2D eigenvalue weighted by Gasteiger charge is 2.24. The Morgan fingerprint density at radius 1 is 0.706 bits per heavy atom. The van der Waals surface area contributed by atoms with Gasteiger partial charge in [-0.2, -0.15) is 0 Å². The third-order valence-electron chi connectivity index (χ3n) is 7.69. The van der Waals surface area contributed by atoms with Crippen molar-refractivity contribution in [3.63, 3.8) is 0 Å². The molecular weight excluding hydrogens is 424 g/mol. The minimum atomic E-state index is -0.0192. The summed E-state index contributed by atoms with van der Waals surface area (Å²) in [6, 6.07) is 12.0. The zero-order valence-electron chi connectivity index (χ0n) is 19.8. The van der Waals surface area contributed by atoms with Crippen LogP contribution >= 0.6 is 0 Å². The van der Waals surface area contributed by atoms with Gasteiger partial charge in [-0.15, -0.1) is 0 Å². The van der Waals surface area contributed by atoms with Crippen molar-refractivity contribution in [3.05, 3.63) is 70.0 Å². The molecule has 0 aliphatic heterocycles. The number of amides is 2. The molecule has 4 aromatic rings. The summed E-state index contributed by atoms with van der Waals surface area (Å²) in [7, 11) is 3.62. The lowest BCUT2D eigenvalue weighted by molar-refractivity contribution is 0.0720. The summed E-state index contributed by atoms with van der Waals surface area (Å²) in [5.74, 6) is -0.0384. The van der Waals surface area contributed by atoms with Gasteiger partial charge in [0.2, 0.25) is 0 Å². The van der Waals surface area contributed by atoms with E-state index in [1.165, 1.54) is 46.1 Å². The number of hydrogen-bond donors (Lipinski definition) is 2. The highest BCUT2D eigenvalue weighted by atomic mass is 16.2. The molecule has 0 radical (unpaired) electrons. The summed E-state index contributed by atoms with van der Waals surface area (Å²) >= 11 is 0. The predicted molar refractivity (Wildman–Crippen MR) is 135 cm³/mol. The number of para-hydroxylation sites is 2. The molecule has 2 N–H and O–H groups in total. The first-order chi connectivity index (χ1) is 16.5. The summed E-state index contributed by atoms with van der Waals surface area (Å²) in [5, 5.41) is 2.34. The van der Waals surface area contributed by atoms with Crippen molar-refractivity contribution in [3.8, 4) is 0 Å². The number of H-pyrrole nitrogens is 2. The molecule has 2 aliphatic rings. The van der Waals surface area contributed by atoms with Crippen molar-refractivity contribution in [1.29, 1.82) is 0 Å². The monoisotopic (exact) mass is 454 g/mol. The van der Waals surface area contributed by atoms with Crippen LogP contribution in [0.15, 0.2) is 36.4 Å². The second kappa shape index (κ2) is 8.05. The van der Waals surface area contributed by atoms with Gasteiger partial charge in [0.1, 0.15) is 0 Å². The molecule has 2 amide bonds. The Morgan fingerprint density at radius 2 is 1.15 bits per heavy atom. The standard InChI is InChI=1S/C28H30N4O2/c1-31(27(33)21-11-3-9-19-17-7-5-13-23(17)29-25(19)21)15-16-32(2)28(34)22-12-4-10-20-18-8-6-14-24(18)30-26(20)22/h3-4,9-12,29-30H,5-8,13-16H2,1-2H3. The Morgan fingerprint density at radius 3 is 1.59 bits per heavy atom. The number of fused-ring (bicyclic) bond motifs is 6. The molecule has 34 heavy (non-hydrogen) atoms. The minimum absolute atomic E-state index is 0.0192. The van der Waals surface area contributed by atoms with Gasteiger partial charge in [0.15, 0.2) is 0 Å². The van der Waals surface area contributed by atoms with Gasteiger partial charge in [0.25, 0.3) is 11.8 Å². The quantitative estimate of drug-likeness (QED) is 0.467. The molecule has 0 unspecified atom stereocenters. The van der Waals surface area contributed by atoms with E-state index in [-0.39, 0.29) is 11.8 Å². The van der Waals surface area contributed by atoms with E-state index in [1.54, 1.807) is 9.80 Å². The first-order valence-electron chi connectivity index (χ1n) is 12.3. The second-order valence-corrected chi connectivity index (χ2v) is 9.78. The van der Waals surface area contributed by atoms with Crippen molar-refractivity contribution >= 4 is 33.6 Å². The van der Waals surface area contributed by atoms with Crippen molar-refractivity contribution < 1.29 is 9.59 Å². The largest absolute Gasteiger partial charge is 0.358 e. The fourth-order valence-electron chi connectivity index (χ4n) is 5.81. The van der Waals surface area contributed by atoms with E-state index >= 15 is 0 Å². The number of carbonyl (C=O) groups is 2. The van der Waals surface area contributed by atoms with Crippen molar-refractivity contribution in [1.82, 2.24) is 19.8 Å². The summed E-state index contributed by atoms with van der Waals surface area (Å²) in [5.41, 5.74) is 8.56. The van der Waals surface area contributed by atoms with Gasteiger partial charge >= 0.3 is 0 Å². The number of nitrogens with one attached hydrogen (secondary N) is 2. The van der Waals surface area contributed by atoms with Crippen molar-refractivity contribution in [2.24, 2.45) is 0 Å². The fraction of sp³-hybridized carbons (Fsp3) is 0.357. The Bertz CT molecular complexity index is 1330. The zero-order valence-corrected chi connectivity index (χ0v) is 19.8. The Hall–Kier alpha value is -3.54. The van der Waals surface area contributed by atoms with Gasteiger partial charge in [-0.3, -0.25) is 9.59 Å². The normalized spacial score (nSPS) is 14.5. The average molecular weight is 455 g/mol. The van der Waals surface area contributed by atoms with Crippen molar-refractivity contribution in [2.45, 2.75) is 38.5 Å². The molecule has 2 aliphatic carbocycles. The molecule has 0 fully saturated rings. The van der Waals surface area contributed by atoms with Gasteiger partial charge in [-0.05, 0) is 61.8 Å². The molecular formula is C28H30N4O2. The molecule has 0 atom stereocenters. The van der Waals surface area contributed by atoms with Crippen LogP contribution in [0.1, 0.15) is 56.1 Å². The maximum absolute atomic E-state index is 13.3. The first kappa shape index (κ1) is 21.0. The molecule has 0 spiro atoms. The highest BCUT2D eigenvalue weighted by molar-refractivity contribution is 6.08. The lowest BCUT2D eigenvalue weighted by Crippen LogP contribution is -2.37. The summed E-state index contributed by atoms with van der Waals surface area (Å²) in [6.45, 7) is 0.935. The molecule has 0 bridgehead atoms. The average Bonchev–Trinajstić information content (AvgIpc) is 3.61. The smallest absolute Gasteiger partial charge is 0.255 e. The zero-order chi connectivity index (χ0) is 23.4. The molecule has 6 heteroatoms. The summed E-state index contributed by atoms with van der Waals surface area (Å²) in [4.78, 5) is 37.0. The van der Waals surface area contributed by atoms with E-state index < -0.39 is 0 Å². The molecule has 0 saturated heterocycles. The van der Waals surface area contributed by atoms with Crippen LogP contribution in [-0.2, 0) is 25.7 Å². The summed E-state index contributed by atoms with van der Waals surface area (Å²) < 4.78 is 0. The number of rotatable bonds is 5. The van der Waals surface area contributed by atoms with E-state index in [0.29, 0.717) is 24.2 Å². The van der Waals surface area contributed by atoms with E-state index in [1.807, 2.05) is 38.4 Å². The van der Waals surface area contributed by atoms with Gasteiger partial charge in [0.05, 0.1) is 22.2 Å². The molecule has 2 aromatic heterocycles. The van der Waals surface area contributed by atoms with Crippen LogP contribution in [0, 0.1) is 0 Å². The molecule has 6 rings (SSSR count). The van der Waals surface area contributed by atoms with E-state index in [9.17, 15) is 9.59 Å². The van der Waals surface area contributed by atoms with Crippen LogP contribution in [0.5, 0.6) is 0 Å². The van der Waals surface area contributed by atoms with Crippen LogP contribution in [0.25, 0.3) is 21.8 Å². The number of aromatic nitrogens is 2. The van der Waals surface area contributed by atoms with Gasteiger partial charge < -0.3 is 19.8 Å². The number of carbonyl (C=O) groups excluding carboxylic acids is 2. The van der Waals surface area contributed by atoms with Gasteiger partial charge in [0, 0.05) is 49.3 Å².